The normalized spacial score (nSPS) is 40.3. The van der Waals surface area contributed by atoms with Crippen molar-refractivity contribution in [2.24, 2.45) is 16.1 Å². The third-order valence-electron chi connectivity index (χ3n) is 2.75. The van der Waals surface area contributed by atoms with E-state index in [4.69, 9.17) is 0 Å². The zero-order valence-corrected chi connectivity index (χ0v) is 7.40. The summed E-state index contributed by atoms with van der Waals surface area (Å²) in [4.78, 5) is 13.3. The first-order valence-corrected chi connectivity index (χ1v) is 4.27. The van der Waals surface area contributed by atoms with E-state index in [0.29, 0.717) is 5.92 Å². The summed E-state index contributed by atoms with van der Waals surface area (Å²) in [5, 5.41) is 8.09. The summed E-state index contributed by atoms with van der Waals surface area (Å²) in [6.45, 7) is 3.40. The molecule has 1 saturated heterocycles. The van der Waals surface area contributed by atoms with Crippen LogP contribution in [0.3, 0.4) is 0 Å². The van der Waals surface area contributed by atoms with Gasteiger partial charge in [0.15, 0.2) is 0 Å². The molecule has 2 aliphatic rings. The van der Waals surface area contributed by atoms with Gasteiger partial charge in [-0.3, -0.25) is 9.69 Å². The fourth-order valence-electron chi connectivity index (χ4n) is 2.23. The molecule has 2 heterocycles. The predicted molar refractivity (Wildman–Crippen MR) is 44.1 cm³/mol. The van der Waals surface area contributed by atoms with Gasteiger partial charge in [-0.2, -0.15) is 10.2 Å². The first-order chi connectivity index (χ1) is 5.70. The Hall–Kier alpha value is -0.770. The maximum absolute atomic E-state index is 11.3. The predicted octanol–water partition coefficient (Wildman–Crippen LogP) is 0.340. The van der Waals surface area contributed by atoms with Crippen molar-refractivity contribution < 1.29 is 4.79 Å². The van der Waals surface area contributed by atoms with E-state index in [9.17, 15) is 4.79 Å². The number of fused-ring (bicyclic) bond motifs is 1. The number of azo groups is 1. The fourth-order valence-corrected chi connectivity index (χ4v) is 2.23. The molecule has 0 spiro atoms. The second-order valence-electron chi connectivity index (χ2n) is 3.69. The van der Waals surface area contributed by atoms with Crippen LogP contribution in [-0.4, -0.2) is 42.9 Å². The van der Waals surface area contributed by atoms with Crippen LogP contribution in [0, 0.1) is 5.92 Å². The third kappa shape index (κ3) is 0.982. The maximum Gasteiger partial charge on any atom is 0.149 e. The van der Waals surface area contributed by atoms with Crippen molar-refractivity contribution in [3.8, 4) is 0 Å². The molecular weight excluding hydrogens is 154 g/mol. The minimum Gasteiger partial charge on any atom is -0.298 e. The van der Waals surface area contributed by atoms with E-state index in [1.165, 1.54) is 0 Å². The van der Waals surface area contributed by atoms with Crippen LogP contribution in [-0.2, 0) is 4.79 Å². The molecule has 0 aromatic rings. The number of carbonyl (C=O) groups is 1. The van der Waals surface area contributed by atoms with Crippen LogP contribution in [0.2, 0.25) is 0 Å². The zero-order valence-electron chi connectivity index (χ0n) is 7.40. The Labute approximate surface area is 71.7 Å². The maximum atomic E-state index is 11.3. The number of rotatable bonds is 1. The van der Waals surface area contributed by atoms with Crippen molar-refractivity contribution in [1.82, 2.24) is 4.90 Å². The van der Waals surface area contributed by atoms with Crippen molar-refractivity contribution in [1.29, 1.82) is 0 Å². The lowest BCUT2D eigenvalue weighted by atomic mass is 9.99. The molecule has 0 N–H and O–H groups in total. The largest absolute Gasteiger partial charge is 0.298 e. The number of carbonyl (C=O) groups excluding carboxylic acids is 1. The van der Waals surface area contributed by atoms with Gasteiger partial charge in [-0.15, -0.1) is 0 Å². The van der Waals surface area contributed by atoms with Gasteiger partial charge in [0.05, 0.1) is 18.6 Å². The summed E-state index contributed by atoms with van der Waals surface area (Å²) >= 11 is 0. The molecule has 0 bridgehead atoms. The van der Waals surface area contributed by atoms with Crippen LogP contribution in [0.1, 0.15) is 6.92 Å². The summed E-state index contributed by atoms with van der Waals surface area (Å²) in [6, 6.07) is 0.133. The van der Waals surface area contributed by atoms with Crippen molar-refractivity contribution in [3.05, 3.63) is 0 Å². The second kappa shape index (κ2) is 2.62. The van der Waals surface area contributed by atoms with Gasteiger partial charge in [0.2, 0.25) is 0 Å². The number of hydrogen-bond donors (Lipinski definition) is 0. The van der Waals surface area contributed by atoms with Crippen molar-refractivity contribution >= 4 is 5.78 Å². The molecule has 4 nitrogen and oxygen atoms in total. The molecule has 3 unspecified atom stereocenters. The molecular formula is C8H13N3O. The van der Waals surface area contributed by atoms with Crippen molar-refractivity contribution in [2.45, 2.75) is 19.0 Å². The quantitative estimate of drug-likeness (QED) is 0.565. The van der Waals surface area contributed by atoms with E-state index in [2.05, 4.69) is 15.1 Å². The van der Waals surface area contributed by atoms with Crippen molar-refractivity contribution in [3.63, 3.8) is 0 Å². The van der Waals surface area contributed by atoms with Crippen LogP contribution in [0.4, 0.5) is 0 Å². The number of likely N-dealkylation sites (tertiary alicyclic amines) is 1. The fraction of sp³-hybridized carbons (Fsp3) is 0.875. The van der Waals surface area contributed by atoms with Gasteiger partial charge < -0.3 is 0 Å². The van der Waals surface area contributed by atoms with Crippen LogP contribution >= 0.6 is 0 Å². The van der Waals surface area contributed by atoms with Crippen LogP contribution in [0.15, 0.2) is 10.2 Å². The summed E-state index contributed by atoms with van der Waals surface area (Å²) in [6.07, 6.45) is 0. The van der Waals surface area contributed by atoms with Crippen LogP contribution in [0.5, 0.6) is 0 Å². The van der Waals surface area contributed by atoms with E-state index in [1.54, 1.807) is 6.92 Å². The van der Waals surface area contributed by atoms with Gasteiger partial charge in [-0.25, -0.2) is 0 Å². The Bertz CT molecular complexity index is 238. The highest BCUT2D eigenvalue weighted by Crippen LogP contribution is 2.30. The molecule has 3 atom stereocenters. The van der Waals surface area contributed by atoms with E-state index < -0.39 is 0 Å². The average molecular weight is 167 g/mol. The van der Waals surface area contributed by atoms with Crippen LogP contribution in [0.25, 0.3) is 0 Å². The van der Waals surface area contributed by atoms with Gasteiger partial charge in [-0.05, 0) is 14.0 Å². The molecule has 0 aromatic heterocycles. The van der Waals surface area contributed by atoms with Crippen LogP contribution < -0.4 is 0 Å². The summed E-state index contributed by atoms with van der Waals surface area (Å²) in [5.41, 5.74) is 0. The molecule has 0 aromatic carbocycles. The molecule has 0 saturated carbocycles. The number of likely N-dealkylation sites (N-methyl/N-ethyl adjacent to an activating group) is 1. The number of ketones is 1. The van der Waals surface area contributed by atoms with Gasteiger partial charge in [0.25, 0.3) is 0 Å². The van der Waals surface area contributed by atoms with E-state index in [0.717, 1.165) is 13.1 Å². The SMILES string of the molecule is CC(=O)C1C2N=NCC2CN1C. The van der Waals surface area contributed by atoms with Gasteiger partial charge in [-0.1, -0.05) is 0 Å². The molecule has 0 amide bonds. The monoisotopic (exact) mass is 167 g/mol. The van der Waals surface area contributed by atoms with Crippen molar-refractivity contribution in [2.75, 3.05) is 20.1 Å². The lowest BCUT2D eigenvalue weighted by molar-refractivity contribution is -0.121. The highest BCUT2D eigenvalue weighted by Gasteiger charge is 2.44. The Morgan fingerprint density at radius 3 is 3.00 bits per heavy atom. The second-order valence-corrected chi connectivity index (χ2v) is 3.69. The molecule has 2 aliphatic heterocycles. The zero-order chi connectivity index (χ0) is 8.72. The topological polar surface area (TPSA) is 45.0 Å². The molecule has 4 heteroatoms. The van der Waals surface area contributed by atoms with E-state index in [-0.39, 0.29) is 17.9 Å². The number of Topliss-reactive ketones (excluding diaryl/α,β-unsaturated/α-hetero) is 1. The highest BCUT2D eigenvalue weighted by atomic mass is 16.1. The minimum absolute atomic E-state index is 0.0127. The number of nitrogens with zero attached hydrogens (tertiary/aromatic N) is 3. The first-order valence-electron chi connectivity index (χ1n) is 4.27. The standard InChI is InChI=1S/C8H13N3O/c1-5(12)8-7-6(3-9-10-7)4-11(8)2/h6-8H,3-4H2,1-2H3. The molecule has 0 radical (unpaired) electrons. The third-order valence-corrected chi connectivity index (χ3v) is 2.75. The summed E-state index contributed by atoms with van der Waals surface area (Å²) in [7, 11) is 1.99. The minimum atomic E-state index is -0.0127. The lowest BCUT2D eigenvalue weighted by Crippen LogP contribution is -2.37. The Balaban J connectivity index is 2.21. The smallest absolute Gasteiger partial charge is 0.149 e. The van der Waals surface area contributed by atoms with Gasteiger partial charge in [0.1, 0.15) is 5.78 Å². The average Bonchev–Trinajstić information content (AvgIpc) is 2.44. The molecule has 0 aliphatic carbocycles. The first kappa shape index (κ1) is 7.86. The molecule has 12 heavy (non-hydrogen) atoms. The summed E-state index contributed by atoms with van der Waals surface area (Å²) < 4.78 is 0. The number of hydrogen-bond acceptors (Lipinski definition) is 4. The highest BCUT2D eigenvalue weighted by molar-refractivity contribution is 5.82. The summed E-state index contributed by atoms with van der Waals surface area (Å²) in [5.74, 6) is 0.703. The Morgan fingerprint density at radius 2 is 2.33 bits per heavy atom. The molecule has 2 rings (SSSR count). The Morgan fingerprint density at radius 1 is 1.58 bits per heavy atom. The molecule has 66 valence electrons. The van der Waals surface area contributed by atoms with Gasteiger partial charge in [0, 0.05) is 12.5 Å². The van der Waals surface area contributed by atoms with E-state index in [1.807, 2.05) is 7.05 Å². The molecule has 1 fully saturated rings. The Kier molecular flexibility index (Phi) is 1.72. The van der Waals surface area contributed by atoms with E-state index >= 15 is 0 Å². The lowest BCUT2D eigenvalue weighted by Gasteiger charge is -2.17. The van der Waals surface area contributed by atoms with Gasteiger partial charge >= 0.3 is 0 Å².